The molecule has 2 N–H and O–H groups in total. The minimum absolute atomic E-state index is 0.182. The number of fused-ring (bicyclic) bond motifs is 1. The van der Waals surface area contributed by atoms with Crippen molar-refractivity contribution in [2.75, 3.05) is 5.32 Å². The van der Waals surface area contributed by atoms with Crippen LogP contribution in [0, 0.1) is 12.7 Å². The van der Waals surface area contributed by atoms with Crippen LogP contribution < -0.4 is 5.32 Å². The fraction of sp³-hybridized carbons (Fsp3) is 0.294. The molecule has 0 fully saturated rings. The lowest BCUT2D eigenvalue weighted by Gasteiger charge is -2.27. The molecule has 0 aromatic heterocycles. The molecule has 1 unspecified atom stereocenters. The SMILES string of the molecule is Cc1ccc(NC2CCCc3cc(O)ccc32)cc1F. The molecule has 104 valence electrons. The Balaban J connectivity index is 1.87. The van der Waals surface area contributed by atoms with E-state index in [9.17, 15) is 9.50 Å². The van der Waals surface area contributed by atoms with Crippen molar-refractivity contribution in [3.05, 3.63) is 58.9 Å². The highest BCUT2D eigenvalue weighted by Gasteiger charge is 2.20. The number of aromatic hydroxyl groups is 1. The number of phenols is 1. The molecule has 2 aromatic carbocycles. The van der Waals surface area contributed by atoms with Gasteiger partial charge in [0.25, 0.3) is 0 Å². The van der Waals surface area contributed by atoms with E-state index >= 15 is 0 Å². The van der Waals surface area contributed by atoms with E-state index in [1.807, 2.05) is 18.2 Å². The summed E-state index contributed by atoms with van der Waals surface area (Å²) in [4.78, 5) is 0. The first-order valence-corrected chi connectivity index (χ1v) is 6.98. The third kappa shape index (κ3) is 2.48. The maximum Gasteiger partial charge on any atom is 0.128 e. The Bertz CT molecular complexity index is 639. The lowest BCUT2D eigenvalue weighted by atomic mass is 9.87. The van der Waals surface area contributed by atoms with E-state index in [1.165, 1.54) is 11.1 Å². The Hall–Kier alpha value is -2.03. The number of hydrogen-bond donors (Lipinski definition) is 2. The van der Waals surface area contributed by atoms with Crippen LogP contribution in [0.25, 0.3) is 0 Å². The van der Waals surface area contributed by atoms with Crippen LogP contribution in [0.4, 0.5) is 10.1 Å². The predicted octanol–water partition coefficient (Wildman–Crippen LogP) is 4.33. The molecule has 3 rings (SSSR count). The highest BCUT2D eigenvalue weighted by atomic mass is 19.1. The van der Waals surface area contributed by atoms with Crippen LogP contribution in [0.5, 0.6) is 5.75 Å². The average Bonchev–Trinajstić information content (AvgIpc) is 2.43. The highest BCUT2D eigenvalue weighted by molar-refractivity contribution is 5.49. The Kier molecular flexibility index (Phi) is 3.35. The number of rotatable bonds is 2. The number of phenolic OH excluding ortho intramolecular Hbond substituents is 1. The largest absolute Gasteiger partial charge is 0.508 e. The molecule has 2 nitrogen and oxygen atoms in total. The summed E-state index contributed by atoms with van der Waals surface area (Å²) in [5, 5.41) is 13.0. The molecule has 0 bridgehead atoms. The molecule has 0 saturated heterocycles. The maximum atomic E-state index is 13.6. The molecule has 0 heterocycles. The van der Waals surface area contributed by atoms with Gasteiger partial charge in [-0.05, 0) is 67.1 Å². The first kappa shape index (κ1) is 13.0. The average molecular weight is 271 g/mol. The van der Waals surface area contributed by atoms with Crippen molar-refractivity contribution in [2.45, 2.75) is 32.2 Å². The maximum absolute atomic E-state index is 13.6. The molecule has 0 aliphatic heterocycles. The number of hydrogen-bond acceptors (Lipinski definition) is 2. The van der Waals surface area contributed by atoms with E-state index in [4.69, 9.17) is 0 Å². The van der Waals surface area contributed by atoms with Crippen LogP contribution in [0.2, 0.25) is 0 Å². The van der Waals surface area contributed by atoms with Crippen molar-refractivity contribution in [1.29, 1.82) is 0 Å². The molecule has 0 saturated carbocycles. The van der Waals surface area contributed by atoms with Crippen LogP contribution >= 0.6 is 0 Å². The van der Waals surface area contributed by atoms with E-state index in [1.54, 1.807) is 25.1 Å². The number of nitrogens with one attached hydrogen (secondary N) is 1. The molecule has 3 heteroatoms. The van der Waals surface area contributed by atoms with E-state index in [0.717, 1.165) is 24.9 Å². The molecule has 1 aliphatic rings. The zero-order chi connectivity index (χ0) is 14.1. The molecule has 0 radical (unpaired) electrons. The van der Waals surface area contributed by atoms with Crippen LogP contribution in [0.1, 0.15) is 35.6 Å². The van der Waals surface area contributed by atoms with Gasteiger partial charge in [-0.3, -0.25) is 0 Å². The smallest absolute Gasteiger partial charge is 0.128 e. The molecule has 1 atom stereocenters. The van der Waals surface area contributed by atoms with Crippen molar-refractivity contribution < 1.29 is 9.50 Å². The van der Waals surface area contributed by atoms with Crippen molar-refractivity contribution in [2.24, 2.45) is 0 Å². The Labute approximate surface area is 118 Å². The zero-order valence-corrected chi connectivity index (χ0v) is 11.5. The lowest BCUT2D eigenvalue weighted by Crippen LogP contribution is -2.17. The normalized spacial score (nSPS) is 17.6. The van der Waals surface area contributed by atoms with Gasteiger partial charge in [-0.2, -0.15) is 0 Å². The van der Waals surface area contributed by atoms with Gasteiger partial charge < -0.3 is 10.4 Å². The van der Waals surface area contributed by atoms with Crippen molar-refractivity contribution in [3.63, 3.8) is 0 Å². The van der Waals surface area contributed by atoms with E-state index in [-0.39, 0.29) is 11.9 Å². The first-order valence-electron chi connectivity index (χ1n) is 6.98. The number of benzene rings is 2. The van der Waals surface area contributed by atoms with Gasteiger partial charge >= 0.3 is 0 Å². The summed E-state index contributed by atoms with van der Waals surface area (Å²) < 4.78 is 13.6. The molecule has 0 amide bonds. The summed E-state index contributed by atoms with van der Waals surface area (Å²) in [5.41, 5.74) is 3.85. The summed E-state index contributed by atoms with van der Waals surface area (Å²) >= 11 is 0. The van der Waals surface area contributed by atoms with E-state index in [0.29, 0.717) is 11.3 Å². The molecule has 0 spiro atoms. The van der Waals surface area contributed by atoms with Crippen LogP contribution in [-0.2, 0) is 6.42 Å². The monoisotopic (exact) mass is 271 g/mol. The van der Waals surface area contributed by atoms with Gasteiger partial charge in [-0.15, -0.1) is 0 Å². The van der Waals surface area contributed by atoms with Gasteiger partial charge in [-0.1, -0.05) is 12.1 Å². The molecular formula is C17H18FNO. The quantitative estimate of drug-likeness (QED) is 0.852. The number of anilines is 1. The minimum atomic E-state index is -0.184. The van der Waals surface area contributed by atoms with Crippen molar-refractivity contribution in [3.8, 4) is 5.75 Å². The van der Waals surface area contributed by atoms with Gasteiger partial charge in [0.15, 0.2) is 0 Å². The number of halogens is 1. The summed E-state index contributed by atoms with van der Waals surface area (Å²) in [6.45, 7) is 1.76. The Morgan fingerprint density at radius 3 is 2.85 bits per heavy atom. The zero-order valence-electron chi connectivity index (χ0n) is 11.5. The molecule has 1 aliphatic carbocycles. The second-order valence-corrected chi connectivity index (χ2v) is 5.44. The summed E-state index contributed by atoms with van der Waals surface area (Å²) in [6.07, 6.45) is 3.08. The molecular weight excluding hydrogens is 253 g/mol. The van der Waals surface area contributed by atoms with Gasteiger partial charge in [0.05, 0.1) is 6.04 Å². The van der Waals surface area contributed by atoms with Crippen molar-refractivity contribution in [1.82, 2.24) is 0 Å². The highest BCUT2D eigenvalue weighted by Crippen LogP contribution is 2.34. The molecule has 20 heavy (non-hydrogen) atoms. The van der Waals surface area contributed by atoms with Gasteiger partial charge in [0.1, 0.15) is 11.6 Å². The topological polar surface area (TPSA) is 32.3 Å². The predicted molar refractivity (Wildman–Crippen MR) is 78.5 cm³/mol. The summed E-state index contributed by atoms with van der Waals surface area (Å²) in [5.74, 6) is 0.127. The summed E-state index contributed by atoms with van der Waals surface area (Å²) in [7, 11) is 0. The van der Waals surface area contributed by atoms with Gasteiger partial charge in [-0.25, -0.2) is 4.39 Å². The van der Waals surface area contributed by atoms with Gasteiger partial charge in [0, 0.05) is 5.69 Å². The summed E-state index contributed by atoms with van der Waals surface area (Å²) in [6, 6.07) is 10.9. The minimum Gasteiger partial charge on any atom is -0.508 e. The number of aryl methyl sites for hydroxylation is 2. The Morgan fingerprint density at radius 1 is 1.20 bits per heavy atom. The second kappa shape index (κ2) is 5.16. The fourth-order valence-electron chi connectivity index (χ4n) is 2.83. The van der Waals surface area contributed by atoms with Gasteiger partial charge in [0.2, 0.25) is 0 Å². The standard InChI is InChI=1S/C17H18FNO/c1-11-5-6-13(10-16(11)18)19-17-4-2-3-12-9-14(20)7-8-15(12)17/h5-10,17,19-20H,2-4H2,1H3. The van der Waals surface area contributed by atoms with Crippen LogP contribution in [0.15, 0.2) is 36.4 Å². The third-order valence-corrected chi connectivity index (χ3v) is 3.95. The fourth-order valence-corrected chi connectivity index (χ4v) is 2.83. The third-order valence-electron chi connectivity index (χ3n) is 3.95. The molecule has 2 aromatic rings. The first-order chi connectivity index (χ1) is 9.63. The lowest BCUT2D eigenvalue weighted by molar-refractivity contribution is 0.472. The Morgan fingerprint density at radius 2 is 2.05 bits per heavy atom. The van der Waals surface area contributed by atoms with E-state index in [2.05, 4.69) is 5.32 Å². The second-order valence-electron chi connectivity index (χ2n) is 5.44. The van der Waals surface area contributed by atoms with Crippen LogP contribution in [-0.4, -0.2) is 5.11 Å². The van der Waals surface area contributed by atoms with Crippen LogP contribution in [0.3, 0.4) is 0 Å². The van der Waals surface area contributed by atoms with E-state index < -0.39 is 0 Å². The van der Waals surface area contributed by atoms with Crippen molar-refractivity contribution >= 4 is 5.69 Å².